The summed E-state index contributed by atoms with van der Waals surface area (Å²) in [5.41, 5.74) is 2.42. The number of benzene rings is 2. The molecule has 0 unspecified atom stereocenters. The number of furan rings is 1. The summed E-state index contributed by atoms with van der Waals surface area (Å²) in [5.74, 6) is -0.262. The normalized spacial score (nSPS) is 15.4. The maximum atomic E-state index is 13.2. The fourth-order valence-corrected chi connectivity index (χ4v) is 5.92. The zero-order valence-electron chi connectivity index (χ0n) is 18.4. The Morgan fingerprint density at radius 3 is 2.53 bits per heavy atom. The Morgan fingerprint density at radius 2 is 1.81 bits per heavy atom. The van der Waals surface area contributed by atoms with E-state index in [-0.39, 0.29) is 16.7 Å². The molecule has 1 aliphatic rings. The summed E-state index contributed by atoms with van der Waals surface area (Å²) in [7, 11) is -1.98. The lowest BCUT2D eigenvalue weighted by molar-refractivity contribution is 0.0998. The van der Waals surface area contributed by atoms with Crippen LogP contribution in [0.25, 0.3) is 11.0 Å². The van der Waals surface area contributed by atoms with Crippen LogP contribution in [0.5, 0.6) is 0 Å². The maximum absolute atomic E-state index is 13.2. The van der Waals surface area contributed by atoms with E-state index in [1.165, 1.54) is 4.31 Å². The van der Waals surface area contributed by atoms with Crippen molar-refractivity contribution < 1.29 is 17.6 Å². The molecule has 0 saturated heterocycles. The SMILES string of the molecule is Cc1c(Cl)cccc1NC(=O)c1oc2ccc(S(=O)(=O)N(C)C3CCCCC3)cc2c1C. The third-order valence-electron chi connectivity index (χ3n) is 6.40. The second-order valence-corrected chi connectivity index (χ2v) is 10.8. The number of amides is 1. The quantitative estimate of drug-likeness (QED) is 0.498. The predicted octanol–water partition coefficient (Wildman–Crippen LogP) is 5.91. The minimum Gasteiger partial charge on any atom is -0.451 e. The molecule has 2 aromatic carbocycles. The highest BCUT2D eigenvalue weighted by Crippen LogP contribution is 2.32. The minimum atomic E-state index is -3.64. The van der Waals surface area contributed by atoms with Crippen molar-refractivity contribution in [2.24, 2.45) is 0 Å². The molecule has 1 fully saturated rings. The van der Waals surface area contributed by atoms with Gasteiger partial charge in [-0.3, -0.25) is 4.79 Å². The molecular formula is C24H27ClN2O4S. The molecule has 1 saturated carbocycles. The Balaban J connectivity index is 1.65. The van der Waals surface area contributed by atoms with E-state index < -0.39 is 15.9 Å². The highest BCUT2D eigenvalue weighted by Gasteiger charge is 2.30. The molecular weight excluding hydrogens is 448 g/mol. The zero-order chi connectivity index (χ0) is 23.0. The molecule has 0 spiro atoms. The van der Waals surface area contributed by atoms with Crippen molar-refractivity contribution in [2.45, 2.75) is 56.9 Å². The summed E-state index contributed by atoms with van der Waals surface area (Å²) in [6.07, 6.45) is 5.03. The standard InChI is InChI=1S/C24H27ClN2O4S/c1-15-19-14-18(32(29,30)27(3)17-8-5-4-6-9-17)12-13-22(19)31-23(15)24(28)26-21-11-7-10-20(25)16(21)2/h7,10-14,17H,4-6,8-9H2,1-3H3,(H,26,28). The molecule has 1 heterocycles. The van der Waals surface area contributed by atoms with E-state index in [0.717, 1.165) is 37.7 Å². The number of fused-ring (bicyclic) bond motifs is 1. The van der Waals surface area contributed by atoms with Crippen LogP contribution >= 0.6 is 11.6 Å². The van der Waals surface area contributed by atoms with Crippen LogP contribution in [0.4, 0.5) is 5.69 Å². The Morgan fingerprint density at radius 1 is 1.09 bits per heavy atom. The lowest BCUT2D eigenvalue weighted by atomic mass is 9.96. The highest BCUT2D eigenvalue weighted by atomic mass is 35.5. The van der Waals surface area contributed by atoms with E-state index >= 15 is 0 Å². The maximum Gasteiger partial charge on any atom is 0.291 e. The molecule has 1 N–H and O–H groups in total. The number of hydrogen-bond donors (Lipinski definition) is 1. The number of nitrogens with zero attached hydrogens (tertiary/aromatic N) is 1. The molecule has 0 radical (unpaired) electrons. The molecule has 4 rings (SSSR count). The van der Waals surface area contributed by atoms with Gasteiger partial charge in [-0.25, -0.2) is 8.42 Å². The number of carbonyl (C=O) groups is 1. The topological polar surface area (TPSA) is 79.6 Å². The van der Waals surface area contributed by atoms with Gasteiger partial charge in [0.2, 0.25) is 10.0 Å². The van der Waals surface area contributed by atoms with Crippen LogP contribution in [0.1, 0.15) is 53.8 Å². The zero-order valence-corrected chi connectivity index (χ0v) is 20.0. The molecule has 3 aromatic rings. The van der Waals surface area contributed by atoms with Crippen molar-refractivity contribution in [3.63, 3.8) is 0 Å². The number of sulfonamides is 1. The number of rotatable bonds is 5. The van der Waals surface area contributed by atoms with Crippen LogP contribution in [-0.4, -0.2) is 31.7 Å². The summed E-state index contributed by atoms with van der Waals surface area (Å²) < 4.78 is 33.8. The van der Waals surface area contributed by atoms with Gasteiger partial charge in [0.25, 0.3) is 5.91 Å². The van der Waals surface area contributed by atoms with E-state index in [1.54, 1.807) is 50.4 Å². The minimum absolute atomic E-state index is 0.0252. The van der Waals surface area contributed by atoms with Crippen LogP contribution in [0, 0.1) is 13.8 Å². The number of hydrogen-bond acceptors (Lipinski definition) is 4. The first-order valence-electron chi connectivity index (χ1n) is 10.8. The third kappa shape index (κ3) is 4.17. The lowest BCUT2D eigenvalue weighted by Crippen LogP contribution is -2.38. The van der Waals surface area contributed by atoms with Crippen LogP contribution in [-0.2, 0) is 10.0 Å². The second-order valence-electron chi connectivity index (χ2n) is 8.39. The summed E-state index contributed by atoms with van der Waals surface area (Å²) in [6, 6.07) is 10.1. The number of nitrogens with one attached hydrogen (secondary N) is 1. The van der Waals surface area contributed by atoms with Crippen molar-refractivity contribution >= 4 is 44.2 Å². The second kappa shape index (κ2) is 8.89. The van der Waals surface area contributed by atoms with Crippen molar-refractivity contribution in [1.29, 1.82) is 0 Å². The summed E-state index contributed by atoms with van der Waals surface area (Å²) in [6.45, 7) is 3.58. The summed E-state index contributed by atoms with van der Waals surface area (Å²) in [4.78, 5) is 13.1. The average Bonchev–Trinajstić information content (AvgIpc) is 3.13. The third-order valence-corrected chi connectivity index (χ3v) is 8.71. The Kier molecular flexibility index (Phi) is 6.34. The number of halogens is 1. The van der Waals surface area contributed by atoms with Crippen LogP contribution < -0.4 is 5.32 Å². The summed E-state index contributed by atoms with van der Waals surface area (Å²) in [5, 5.41) is 4.00. The van der Waals surface area contributed by atoms with Gasteiger partial charge in [0.15, 0.2) is 5.76 Å². The van der Waals surface area contributed by atoms with Crippen LogP contribution in [0.15, 0.2) is 45.7 Å². The highest BCUT2D eigenvalue weighted by molar-refractivity contribution is 7.89. The van der Waals surface area contributed by atoms with E-state index in [4.69, 9.17) is 16.0 Å². The van der Waals surface area contributed by atoms with Crippen molar-refractivity contribution in [3.8, 4) is 0 Å². The first-order valence-corrected chi connectivity index (χ1v) is 12.6. The van der Waals surface area contributed by atoms with Gasteiger partial charge < -0.3 is 9.73 Å². The average molecular weight is 475 g/mol. The van der Waals surface area contributed by atoms with Crippen LogP contribution in [0.2, 0.25) is 5.02 Å². The number of carbonyl (C=O) groups excluding carboxylic acids is 1. The van der Waals surface area contributed by atoms with Gasteiger partial charge >= 0.3 is 0 Å². The largest absolute Gasteiger partial charge is 0.451 e. The van der Waals surface area contributed by atoms with Crippen LogP contribution in [0.3, 0.4) is 0 Å². The van der Waals surface area contributed by atoms with Crippen molar-refractivity contribution in [3.05, 3.63) is 58.3 Å². The van der Waals surface area contributed by atoms with Crippen molar-refractivity contribution in [1.82, 2.24) is 4.31 Å². The van der Waals surface area contributed by atoms with E-state index in [2.05, 4.69) is 5.32 Å². The molecule has 1 aromatic heterocycles. The number of anilines is 1. The molecule has 6 nitrogen and oxygen atoms in total. The van der Waals surface area contributed by atoms with Gasteiger partial charge in [-0.05, 0) is 62.6 Å². The molecule has 1 aliphatic carbocycles. The first kappa shape index (κ1) is 22.8. The van der Waals surface area contributed by atoms with E-state index in [1.807, 2.05) is 6.92 Å². The smallest absolute Gasteiger partial charge is 0.291 e. The van der Waals surface area contributed by atoms with Gasteiger partial charge in [0, 0.05) is 34.7 Å². The molecule has 0 atom stereocenters. The Bertz CT molecular complexity index is 1280. The molecule has 0 aliphatic heterocycles. The van der Waals surface area contributed by atoms with Gasteiger partial charge in [0.1, 0.15) is 5.58 Å². The Hall–Kier alpha value is -2.35. The molecule has 0 bridgehead atoms. The van der Waals surface area contributed by atoms with Crippen molar-refractivity contribution in [2.75, 3.05) is 12.4 Å². The van der Waals surface area contributed by atoms with E-state index in [9.17, 15) is 13.2 Å². The fourth-order valence-electron chi connectivity index (χ4n) is 4.31. The predicted molar refractivity (Wildman–Crippen MR) is 127 cm³/mol. The molecule has 8 heteroatoms. The van der Waals surface area contributed by atoms with Gasteiger partial charge in [-0.1, -0.05) is 36.9 Å². The summed E-state index contributed by atoms with van der Waals surface area (Å²) >= 11 is 6.14. The molecule has 1 amide bonds. The number of aryl methyl sites for hydroxylation is 1. The fraction of sp³-hybridized carbons (Fsp3) is 0.375. The van der Waals surface area contributed by atoms with Gasteiger partial charge in [0.05, 0.1) is 4.90 Å². The lowest BCUT2D eigenvalue weighted by Gasteiger charge is -2.30. The first-order chi connectivity index (χ1) is 15.2. The van der Waals surface area contributed by atoms with Gasteiger partial charge in [-0.15, -0.1) is 0 Å². The monoisotopic (exact) mass is 474 g/mol. The molecule has 32 heavy (non-hydrogen) atoms. The van der Waals surface area contributed by atoms with E-state index in [0.29, 0.717) is 27.2 Å². The molecule has 170 valence electrons. The Labute approximate surface area is 193 Å². The van der Waals surface area contributed by atoms with Gasteiger partial charge in [-0.2, -0.15) is 4.31 Å².